The van der Waals surface area contributed by atoms with Gasteiger partial charge in [-0.25, -0.2) is 4.79 Å². The van der Waals surface area contributed by atoms with Gasteiger partial charge >= 0.3 is 5.76 Å². The van der Waals surface area contributed by atoms with Gasteiger partial charge in [0.1, 0.15) is 0 Å². The molecule has 0 fully saturated rings. The largest absolute Gasteiger partial charge is 0.417 e. The van der Waals surface area contributed by atoms with Gasteiger partial charge in [-0.1, -0.05) is 30.3 Å². The third-order valence-corrected chi connectivity index (χ3v) is 4.13. The first-order chi connectivity index (χ1) is 10.7. The lowest BCUT2D eigenvalue weighted by Crippen LogP contribution is -2.23. The molecule has 5 nitrogen and oxygen atoms in total. The molecule has 0 bridgehead atoms. The average Bonchev–Trinajstić information content (AvgIpc) is 3.10. The number of oxazole rings is 1. The van der Waals surface area contributed by atoms with Crippen molar-refractivity contribution in [1.29, 1.82) is 0 Å². The average molecular weight is 294 g/mol. The number of rotatable bonds is 2. The van der Waals surface area contributed by atoms with E-state index in [1.54, 1.807) is 18.2 Å². The van der Waals surface area contributed by atoms with Crippen LogP contribution in [0.3, 0.4) is 0 Å². The van der Waals surface area contributed by atoms with Gasteiger partial charge < -0.3 is 9.73 Å². The second-order valence-corrected chi connectivity index (χ2v) is 5.56. The lowest BCUT2D eigenvalue weighted by Gasteiger charge is -2.10. The molecule has 1 aliphatic rings. The van der Waals surface area contributed by atoms with Crippen LogP contribution in [-0.2, 0) is 17.6 Å². The van der Waals surface area contributed by atoms with Gasteiger partial charge in [-0.15, -0.1) is 0 Å². The highest BCUT2D eigenvalue weighted by atomic mass is 16.4. The van der Waals surface area contributed by atoms with Crippen molar-refractivity contribution in [2.45, 2.75) is 12.8 Å². The van der Waals surface area contributed by atoms with E-state index >= 15 is 0 Å². The van der Waals surface area contributed by atoms with E-state index in [1.807, 2.05) is 12.1 Å². The molecule has 4 rings (SSSR count). The summed E-state index contributed by atoms with van der Waals surface area (Å²) in [6.45, 7) is 0. The van der Waals surface area contributed by atoms with Crippen molar-refractivity contribution in [3.63, 3.8) is 0 Å². The van der Waals surface area contributed by atoms with Crippen molar-refractivity contribution < 1.29 is 9.21 Å². The summed E-state index contributed by atoms with van der Waals surface area (Å²) in [7, 11) is 0. The number of benzene rings is 2. The van der Waals surface area contributed by atoms with Gasteiger partial charge in [-0.05, 0) is 36.1 Å². The number of amides is 1. The number of aromatic amines is 1. The smallest absolute Gasteiger partial charge is 0.406 e. The van der Waals surface area contributed by atoms with E-state index in [0.717, 1.165) is 12.8 Å². The van der Waals surface area contributed by atoms with Crippen molar-refractivity contribution in [2.75, 3.05) is 5.32 Å². The molecule has 0 spiro atoms. The van der Waals surface area contributed by atoms with Crippen molar-refractivity contribution in [1.82, 2.24) is 4.98 Å². The fourth-order valence-corrected chi connectivity index (χ4v) is 3.05. The number of anilines is 1. The second kappa shape index (κ2) is 4.87. The molecular formula is C17H14N2O3. The van der Waals surface area contributed by atoms with E-state index in [9.17, 15) is 9.59 Å². The van der Waals surface area contributed by atoms with Crippen LogP contribution >= 0.6 is 0 Å². The summed E-state index contributed by atoms with van der Waals surface area (Å²) in [5.41, 5.74) is 3.95. The molecule has 0 atom stereocenters. The second-order valence-electron chi connectivity index (χ2n) is 5.56. The summed E-state index contributed by atoms with van der Waals surface area (Å²) < 4.78 is 5.10. The van der Waals surface area contributed by atoms with Gasteiger partial charge in [0.05, 0.1) is 11.2 Å². The number of carbonyl (C=O) groups is 1. The van der Waals surface area contributed by atoms with Crippen LogP contribution < -0.4 is 11.1 Å². The van der Waals surface area contributed by atoms with Crippen LogP contribution in [0.25, 0.3) is 11.1 Å². The minimum atomic E-state index is -0.523. The molecule has 1 heterocycles. The predicted octanol–water partition coefficient (Wildman–Crippen LogP) is 2.47. The number of fused-ring (bicyclic) bond motifs is 2. The highest BCUT2D eigenvalue weighted by molar-refractivity contribution is 5.99. The Morgan fingerprint density at radius 3 is 2.55 bits per heavy atom. The Hall–Kier alpha value is -2.82. The molecule has 2 aromatic carbocycles. The minimum absolute atomic E-state index is 0.0486. The van der Waals surface area contributed by atoms with Crippen LogP contribution in [0.2, 0.25) is 0 Å². The molecule has 5 heteroatoms. The van der Waals surface area contributed by atoms with Crippen LogP contribution in [0.5, 0.6) is 0 Å². The fourth-order valence-electron chi connectivity index (χ4n) is 3.05. The first kappa shape index (κ1) is 12.9. The van der Waals surface area contributed by atoms with E-state index in [4.69, 9.17) is 4.42 Å². The number of hydrogen-bond donors (Lipinski definition) is 2. The Bertz CT molecular complexity index is 898. The molecule has 0 saturated carbocycles. The van der Waals surface area contributed by atoms with Crippen LogP contribution in [0, 0.1) is 5.92 Å². The van der Waals surface area contributed by atoms with Gasteiger partial charge in [0.2, 0.25) is 5.91 Å². The Kier molecular flexibility index (Phi) is 2.85. The highest BCUT2D eigenvalue weighted by Crippen LogP contribution is 2.28. The number of nitrogens with one attached hydrogen (secondary N) is 2. The molecule has 2 N–H and O–H groups in total. The zero-order chi connectivity index (χ0) is 15.1. The standard InChI is InChI=1S/C17H14N2O3/c20-16(12-8-10-4-1-2-5-11(10)9-12)18-13-6-3-7-14-15(13)22-17(21)19-14/h1-7,12H,8-9H2,(H,18,20)(H,19,21). The summed E-state index contributed by atoms with van der Waals surface area (Å²) in [5, 5.41) is 2.88. The number of hydrogen-bond acceptors (Lipinski definition) is 3. The van der Waals surface area contributed by atoms with E-state index < -0.39 is 5.76 Å². The van der Waals surface area contributed by atoms with Crippen LogP contribution in [-0.4, -0.2) is 10.9 Å². The third kappa shape index (κ3) is 2.11. The normalized spacial score (nSPS) is 14.2. The van der Waals surface area contributed by atoms with Crippen molar-refractivity contribution in [3.05, 3.63) is 64.1 Å². The molecule has 1 aliphatic carbocycles. The van der Waals surface area contributed by atoms with Crippen LogP contribution in [0.4, 0.5) is 5.69 Å². The van der Waals surface area contributed by atoms with Crippen molar-refractivity contribution in [2.24, 2.45) is 5.92 Å². The summed E-state index contributed by atoms with van der Waals surface area (Å²) in [6.07, 6.45) is 1.49. The number of aromatic nitrogens is 1. The number of para-hydroxylation sites is 1. The number of carbonyl (C=O) groups excluding carboxylic acids is 1. The Morgan fingerprint density at radius 2 is 1.82 bits per heavy atom. The van der Waals surface area contributed by atoms with Gasteiger partial charge in [-0.3, -0.25) is 9.78 Å². The molecular weight excluding hydrogens is 280 g/mol. The molecule has 0 radical (unpaired) electrons. The molecule has 22 heavy (non-hydrogen) atoms. The van der Waals surface area contributed by atoms with E-state index in [2.05, 4.69) is 22.4 Å². The molecule has 1 aromatic heterocycles. The first-order valence-corrected chi connectivity index (χ1v) is 7.20. The maximum atomic E-state index is 12.5. The van der Waals surface area contributed by atoms with Gasteiger partial charge in [0.15, 0.2) is 5.58 Å². The molecule has 3 aromatic rings. The van der Waals surface area contributed by atoms with Gasteiger partial charge in [0, 0.05) is 5.92 Å². The molecule has 0 saturated heterocycles. The van der Waals surface area contributed by atoms with Gasteiger partial charge in [0.25, 0.3) is 0 Å². The lowest BCUT2D eigenvalue weighted by atomic mass is 10.1. The third-order valence-electron chi connectivity index (χ3n) is 4.13. The van der Waals surface area contributed by atoms with Crippen LogP contribution in [0.1, 0.15) is 11.1 Å². The van der Waals surface area contributed by atoms with Gasteiger partial charge in [-0.2, -0.15) is 0 Å². The Balaban J connectivity index is 1.59. The summed E-state index contributed by atoms with van der Waals surface area (Å²) in [6, 6.07) is 13.4. The first-order valence-electron chi connectivity index (χ1n) is 7.20. The quantitative estimate of drug-likeness (QED) is 0.762. The summed E-state index contributed by atoms with van der Waals surface area (Å²) >= 11 is 0. The monoisotopic (exact) mass is 294 g/mol. The SMILES string of the molecule is O=C(Nc1cccc2[nH]c(=O)oc12)C1Cc2ccccc2C1. The maximum Gasteiger partial charge on any atom is 0.417 e. The van der Waals surface area contributed by atoms with Crippen LogP contribution in [0.15, 0.2) is 51.7 Å². The Morgan fingerprint density at radius 1 is 1.09 bits per heavy atom. The summed E-state index contributed by atoms with van der Waals surface area (Å²) in [5.74, 6) is -0.657. The Labute approximate surface area is 126 Å². The zero-order valence-electron chi connectivity index (χ0n) is 11.8. The molecule has 0 unspecified atom stereocenters. The fraction of sp³-hybridized carbons (Fsp3) is 0.176. The summed E-state index contributed by atoms with van der Waals surface area (Å²) in [4.78, 5) is 26.4. The zero-order valence-corrected chi connectivity index (χ0v) is 11.8. The number of H-pyrrole nitrogens is 1. The molecule has 1 amide bonds. The maximum absolute atomic E-state index is 12.5. The van der Waals surface area contributed by atoms with Crippen molar-refractivity contribution in [3.8, 4) is 0 Å². The lowest BCUT2D eigenvalue weighted by molar-refractivity contribution is -0.119. The highest BCUT2D eigenvalue weighted by Gasteiger charge is 2.27. The molecule has 0 aliphatic heterocycles. The topological polar surface area (TPSA) is 75.1 Å². The van der Waals surface area contributed by atoms with Crippen molar-refractivity contribution >= 4 is 22.7 Å². The van der Waals surface area contributed by atoms with E-state index in [-0.39, 0.29) is 11.8 Å². The van der Waals surface area contributed by atoms with E-state index in [1.165, 1.54) is 11.1 Å². The predicted molar refractivity (Wildman–Crippen MR) is 82.8 cm³/mol. The molecule has 110 valence electrons. The van der Waals surface area contributed by atoms with E-state index in [0.29, 0.717) is 16.8 Å². The minimum Gasteiger partial charge on any atom is -0.406 e.